The Balaban J connectivity index is 2.99. The summed E-state index contributed by atoms with van der Waals surface area (Å²) in [7, 11) is 2.97. The van der Waals surface area contributed by atoms with Crippen LogP contribution in [0.15, 0.2) is 24.3 Å². The number of rotatable bonds is 3. The van der Waals surface area contributed by atoms with Gasteiger partial charge in [0.15, 0.2) is 0 Å². The lowest BCUT2D eigenvalue weighted by Crippen LogP contribution is -2.11. The number of benzene rings is 1. The van der Waals surface area contributed by atoms with Crippen molar-refractivity contribution in [1.82, 2.24) is 0 Å². The molecule has 0 aliphatic heterocycles. The van der Waals surface area contributed by atoms with Crippen molar-refractivity contribution in [2.75, 3.05) is 14.2 Å². The summed E-state index contributed by atoms with van der Waals surface area (Å²) in [4.78, 5) is 11.3. The molecule has 1 aromatic rings. The van der Waals surface area contributed by atoms with Crippen molar-refractivity contribution in [3.05, 3.63) is 29.8 Å². The smallest absolute Gasteiger partial charge is 0.312 e. The van der Waals surface area contributed by atoms with Crippen LogP contribution in [0.3, 0.4) is 0 Å². The fraction of sp³-hybridized carbons (Fsp3) is 0.364. The average molecular weight is 194 g/mol. The molecule has 0 N–H and O–H groups in total. The van der Waals surface area contributed by atoms with E-state index >= 15 is 0 Å². The second-order valence-corrected chi connectivity index (χ2v) is 2.99. The fourth-order valence-electron chi connectivity index (χ4n) is 1.33. The van der Waals surface area contributed by atoms with Crippen LogP contribution in [0.2, 0.25) is 0 Å². The first-order chi connectivity index (χ1) is 6.70. The first-order valence-corrected chi connectivity index (χ1v) is 4.41. The summed E-state index contributed by atoms with van der Waals surface area (Å²) < 4.78 is 9.82. The number of ether oxygens (including phenoxy) is 2. The van der Waals surface area contributed by atoms with Crippen LogP contribution in [-0.4, -0.2) is 20.2 Å². The molecule has 0 aliphatic rings. The number of hydrogen-bond acceptors (Lipinski definition) is 3. The molecule has 0 heterocycles. The predicted octanol–water partition coefficient (Wildman–Crippen LogP) is 1.97. The van der Waals surface area contributed by atoms with Crippen molar-refractivity contribution in [2.24, 2.45) is 0 Å². The van der Waals surface area contributed by atoms with Crippen LogP contribution < -0.4 is 4.74 Å². The van der Waals surface area contributed by atoms with Gasteiger partial charge in [-0.2, -0.15) is 0 Å². The largest absolute Gasteiger partial charge is 0.496 e. The minimum atomic E-state index is -0.295. The molecule has 14 heavy (non-hydrogen) atoms. The molecule has 0 amide bonds. The maximum atomic E-state index is 11.3. The van der Waals surface area contributed by atoms with Crippen molar-refractivity contribution in [3.63, 3.8) is 0 Å². The summed E-state index contributed by atoms with van der Waals surface area (Å²) in [6.07, 6.45) is 0. The quantitative estimate of drug-likeness (QED) is 0.690. The third-order valence-electron chi connectivity index (χ3n) is 2.16. The second kappa shape index (κ2) is 4.65. The molecule has 3 heteroatoms. The third kappa shape index (κ3) is 2.05. The SMILES string of the molecule is COC(=O)[C@@H](C)c1ccccc1OC. The average Bonchev–Trinajstić information content (AvgIpc) is 2.26. The highest BCUT2D eigenvalue weighted by atomic mass is 16.5. The van der Waals surface area contributed by atoms with Crippen molar-refractivity contribution in [2.45, 2.75) is 12.8 Å². The van der Waals surface area contributed by atoms with E-state index in [1.807, 2.05) is 24.3 Å². The topological polar surface area (TPSA) is 35.5 Å². The maximum Gasteiger partial charge on any atom is 0.312 e. The Morgan fingerprint density at radius 1 is 1.29 bits per heavy atom. The van der Waals surface area contributed by atoms with Gasteiger partial charge in [0.05, 0.1) is 20.1 Å². The van der Waals surface area contributed by atoms with Crippen molar-refractivity contribution in [1.29, 1.82) is 0 Å². The van der Waals surface area contributed by atoms with Crippen LogP contribution in [-0.2, 0) is 9.53 Å². The molecule has 76 valence electrons. The van der Waals surface area contributed by atoms with Crippen molar-refractivity contribution >= 4 is 5.97 Å². The standard InChI is InChI=1S/C11H14O3/c1-8(11(12)14-3)9-6-4-5-7-10(9)13-2/h4-8H,1-3H3/t8-/m0/s1. The minimum absolute atomic E-state index is 0.255. The van der Waals surface area contributed by atoms with Crippen LogP contribution in [0, 0.1) is 0 Å². The molecule has 0 aliphatic carbocycles. The molecule has 3 nitrogen and oxygen atoms in total. The van der Waals surface area contributed by atoms with Crippen LogP contribution >= 0.6 is 0 Å². The van der Waals surface area contributed by atoms with E-state index in [1.165, 1.54) is 7.11 Å². The number of hydrogen-bond donors (Lipinski definition) is 0. The van der Waals surface area contributed by atoms with E-state index in [2.05, 4.69) is 4.74 Å². The summed E-state index contributed by atoms with van der Waals surface area (Å²) >= 11 is 0. The molecular formula is C11H14O3. The Hall–Kier alpha value is -1.51. The molecule has 0 saturated heterocycles. The molecule has 0 saturated carbocycles. The lowest BCUT2D eigenvalue weighted by atomic mass is 10.0. The van der Waals surface area contributed by atoms with Gasteiger partial charge in [0, 0.05) is 5.56 Å². The van der Waals surface area contributed by atoms with Crippen LogP contribution in [0.1, 0.15) is 18.4 Å². The summed E-state index contributed by atoms with van der Waals surface area (Å²) in [6, 6.07) is 7.43. The number of methoxy groups -OCH3 is 2. The van der Waals surface area contributed by atoms with Gasteiger partial charge in [-0.05, 0) is 13.0 Å². The summed E-state index contributed by atoms with van der Waals surface area (Å²) in [5, 5.41) is 0. The molecular weight excluding hydrogens is 180 g/mol. The lowest BCUT2D eigenvalue weighted by molar-refractivity contribution is -0.142. The number of carbonyl (C=O) groups is 1. The van der Waals surface area contributed by atoms with Crippen LogP contribution in [0.25, 0.3) is 0 Å². The Morgan fingerprint density at radius 2 is 1.93 bits per heavy atom. The van der Waals surface area contributed by atoms with Gasteiger partial charge < -0.3 is 9.47 Å². The molecule has 1 rings (SSSR count). The monoisotopic (exact) mass is 194 g/mol. The molecule has 1 aromatic carbocycles. The normalized spacial score (nSPS) is 11.9. The van der Waals surface area contributed by atoms with Crippen molar-refractivity contribution < 1.29 is 14.3 Å². The zero-order valence-electron chi connectivity index (χ0n) is 8.61. The Morgan fingerprint density at radius 3 is 2.50 bits per heavy atom. The van der Waals surface area contributed by atoms with E-state index in [1.54, 1.807) is 14.0 Å². The van der Waals surface area contributed by atoms with E-state index in [0.717, 1.165) is 5.56 Å². The molecule has 1 atom stereocenters. The van der Waals surface area contributed by atoms with Gasteiger partial charge in [0.1, 0.15) is 5.75 Å². The Bertz CT molecular complexity index is 320. The van der Waals surface area contributed by atoms with Gasteiger partial charge in [-0.3, -0.25) is 4.79 Å². The van der Waals surface area contributed by atoms with Gasteiger partial charge in [0.25, 0.3) is 0 Å². The Kier molecular flexibility index (Phi) is 3.51. The molecule has 0 fully saturated rings. The Labute approximate surface area is 83.6 Å². The number of para-hydroxylation sites is 1. The van der Waals surface area contributed by atoms with E-state index in [4.69, 9.17) is 4.74 Å². The lowest BCUT2D eigenvalue weighted by Gasteiger charge is -2.12. The second-order valence-electron chi connectivity index (χ2n) is 2.99. The minimum Gasteiger partial charge on any atom is -0.496 e. The predicted molar refractivity (Wildman–Crippen MR) is 53.4 cm³/mol. The highest BCUT2D eigenvalue weighted by Crippen LogP contribution is 2.26. The highest BCUT2D eigenvalue weighted by Gasteiger charge is 2.18. The number of esters is 1. The summed E-state index contributed by atoms with van der Waals surface area (Å²) in [6.45, 7) is 1.80. The molecule has 0 radical (unpaired) electrons. The van der Waals surface area contributed by atoms with Gasteiger partial charge in [-0.25, -0.2) is 0 Å². The third-order valence-corrected chi connectivity index (χ3v) is 2.16. The zero-order chi connectivity index (χ0) is 10.6. The molecule has 0 aromatic heterocycles. The van der Waals surface area contributed by atoms with E-state index in [9.17, 15) is 4.79 Å². The van der Waals surface area contributed by atoms with Gasteiger partial charge in [-0.1, -0.05) is 18.2 Å². The maximum absolute atomic E-state index is 11.3. The molecule has 0 bridgehead atoms. The summed E-state index contributed by atoms with van der Waals surface area (Å²) in [5.74, 6) is 0.163. The number of carbonyl (C=O) groups excluding carboxylic acids is 1. The summed E-state index contributed by atoms with van der Waals surface area (Å²) in [5.41, 5.74) is 0.849. The fourth-order valence-corrected chi connectivity index (χ4v) is 1.33. The van der Waals surface area contributed by atoms with E-state index in [-0.39, 0.29) is 11.9 Å². The molecule has 0 unspecified atom stereocenters. The van der Waals surface area contributed by atoms with Gasteiger partial charge >= 0.3 is 5.97 Å². The van der Waals surface area contributed by atoms with E-state index < -0.39 is 0 Å². The zero-order valence-corrected chi connectivity index (χ0v) is 8.61. The van der Waals surface area contributed by atoms with Crippen LogP contribution in [0.5, 0.6) is 5.75 Å². The van der Waals surface area contributed by atoms with Gasteiger partial charge in [0.2, 0.25) is 0 Å². The molecule has 0 spiro atoms. The first-order valence-electron chi connectivity index (χ1n) is 4.41. The first kappa shape index (κ1) is 10.6. The van der Waals surface area contributed by atoms with Gasteiger partial charge in [-0.15, -0.1) is 0 Å². The van der Waals surface area contributed by atoms with Crippen LogP contribution in [0.4, 0.5) is 0 Å². The van der Waals surface area contributed by atoms with Crippen molar-refractivity contribution in [3.8, 4) is 5.75 Å². The highest BCUT2D eigenvalue weighted by molar-refractivity contribution is 5.78. The van der Waals surface area contributed by atoms with E-state index in [0.29, 0.717) is 5.75 Å².